The molecule has 4 aliphatic carbocycles. The summed E-state index contributed by atoms with van der Waals surface area (Å²) in [6, 6.07) is 7.93. The number of carbonyl (C=O) groups is 2. The SMILES string of the molecule is CCCCCCN1C(=O)C(=NCC(=O)C23CC4CC(CC(C4)C2)C3)c2ccccc21. The molecule has 1 aliphatic heterocycles. The first-order valence-corrected chi connectivity index (χ1v) is 12.1. The minimum Gasteiger partial charge on any atom is -0.306 e. The molecule has 0 N–H and O–H groups in total. The van der Waals surface area contributed by atoms with Gasteiger partial charge in [0.2, 0.25) is 0 Å². The molecular weight excluding hydrogens is 372 g/mol. The third-order valence-electron chi connectivity index (χ3n) is 8.14. The number of unbranched alkanes of at least 4 members (excludes halogenated alkanes) is 3. The Morgan fingerprint density at radius 1 is 1.03 bits per heavy atom. The van der Waals surface area contributed by atoms with Crippen LogP contribution in [-0.2, 0) is 9.59 Å². The van der Waals surface area contributed by atoms with Gasteiger partial charge in [0.15, 0.2) is 5.78 Å². The number of aliphatic imine (C=N–C) groups is 1. The highest BCUT2D eigenvalue weighted by molar-refractivity contribution is 6.54. The van der Waals surface area contributed by atoms with Crippen molar-refractivity contribution < 1.29 is 9.59 Å². The van der Waals surface area contributed by atoms with Crippen molar-refractivity contribution in [1.82, 2.24) is 0 Å². The molecule has 30 heavy (non-hydrogen) atoms. The van der Waals surface area contributed by atoms with Gasteiger partial charge in [-0.15, -0.1) is 0 Å². The number of rotatable bonds is 8. The van der Waals surface area contributed by atoms with E-state index >= 15 is 0 Å². The van der Waals surface area contributed by atoms with Crippen molar-refractivity contribution in [2.45, 2.75) is 71.1 Å². The number of para-hydroxylation sites is 1. The molecule has 1 aromatic rings. The van der Waals surface area contributed by atoms with Gasteiger partial charge in [-0.3, -0.25) is 14.6 Å². The monoisotopic (exact) mass is 406 g/mol. The Balaban J connectivity index is 1.32. The lowest BCUT2D eigenvalue weighted by atomic mass is 9.48. The van der Waals surface area contributed by atoms with Gasteiger partial charge >= 0.3 is 0 Å². The Kier molecular flexibility index (Phi) is 5.28. The van der Waals surface area contributed by atoms with Crippen LogP contribution in [0.1, 0.15) is 76.7 Å². The van der Waals surface area contributed by atoms with Crippen LogP contribution >= 0.6 is 0 Å². The van der Waals surface area contributed by atoms with Crippen molar-refractivity contribution in [3.8, 4) is 0 Å². The molecule has 0 atom stereocenters. The summed E-state index contributed by atoms with van der Waals surface area (Å²) in [5.41, 5.74) is 2.22. The number of Topliss-reactive ketones (excluding diaryl/α,β-unsaturated/α-hetero) is 1. The van der Waals surface area contributed by atoms with Gasteiger partial charge < -0.3 is 4.90 Å². The van der Waals surface area contributed by atoms with Crippen LogP contribution < -0.4 is 4.90 Å². The molecule has 4 saturated carbocycles. The molecule has 4 nitrogen and oxygen atoms in total. The van der Waals surface area contributed by atoms with E-state index in [1.165, 1.54) is 32.1 Å². The Labute approximate surface area is 180 Å². The molecule has 1 aromatic carbocycles. The van der Waals surface area contributed by atoms with E-state index in [2.05, 4.69) is 11.9 Å². The smallest absolute Gasteiger partial charge is 0.277 e. The quantitative estimate of drug-likeness (QED) is 0.558. The Morgan fingerprint density at radius 3 is 2.37 bits per heavy atom. The minimum atomic E-state index is -0.139. The van der Waals surface area contributed by atoms with Crippen molar-refractivity contribution >= 4 is 23.1 Å². The van der Waals surface area contributed by atoms with E-state index in [0.717, 1.165) is 67.7 Å². The number of fused-ring (bicyclic) bond motifs is 1. The molecule has 1 amide bonds. The maximum absolute atomic E-state index is 13.4. The highest BCUT2D eigenvalue weighted by Gasteiger charge is 2.54. The van der Waals surface area contributed by atoms with Crippen LogP contribution in [0.25, 0.3) is 0 Å². The number of nitrogens with zero attached hydrogens (tertiary/aromatic N) is 2. The lowest BCUT2D eigenvalue weighted by Gasteiger charge is -2.55. The summed E-state index contributed by atoms with van der Waals surface area (Å²) in [5.74, 6) is 2.52. The summed E-state index contributed by atoms with van der Waals surface area (Å²) >= 11 is 0. The molecule has 4 bridgehead atoms. The van der Waals surface area contributed by atoms with E-state index in [0.29, 0.717) is 11.5 Å². The molecule has 4 fully saturated rings. The Morgan fingerprint density at radius 2 is 1.70 bits per heavy atom. The van der Waals surface area contributed by atoms with Crippen LogP contribution in [0, 0.1) is 23.2 Å². The molecule has 0 unspecified atom stereocenters. The minimum absolute atomic E-state index is 0.0222. The zero-order chi connectivity index (χ0) is 20.7. The predicted octanol–water partition coefficient (Wildman–Crippen LogP) is 5.19. The van der Waals surface area contributed by atoms with E-state index in [4.69, 9.17) is 0 Å². The second kappa shape index (κ2) is 7.94. The van der Waals surface area contributed by atoms with Gasteiger partial charge in [0.25, 0.3) is 5.91 Å². The molecule has 4 heteroatoms. The summed E-state index contributed by atoms with van der Waals surface area (Å²) < 4.78 is 0. The molecule has 0 aromatic heterocycles. The van der Waals surface area contributed by atoms with Gasteiger partial charge in [0.05, 0.1) is 12.2 Å². The number of benzene rings is 1. The molecule has 160 valence electrons. The van der Waals surface area contributed by atoms with Crippen LogP contribution in [0.3, 0.4) is 0 Å². The van der Waals surface area contributed by atoms with E-state index in [-0.39, 0.29) is 17.9 Å². The second-order valence-electron chi connectivity index (χ2n) is 10.3. The van der Waals surface area contributed by atoms with E-state index in [9.17, 15) is 9.59 Å². The van der Waals surface area contributed by atoms with E-state index < -0.39 is 0 Å². The van der Waals surface area contributed by atoms with Gasteiger partial charge in [-0.2, -0.15) is 0 Å². The first kappa shape index (κ1) is 20.0. The largest absolute Gasteiger partial charge is 0.306 e. The van der Waals surface area contributed by atoms with Crippen molar-refractivity contribution in [2.24, 2.45) is 28.2 Å². The molecule has 0 spiro atoms. The van der Waals surface area contributed by atoms with Crippen molar-refractivity contribution in [2.75, 3.05) is 18.0 Å². The predicted molar refractivity (Wildman–Crippen MR) is 120 cm³/mol. The van der Waals surface area contributed by atoms with E-state index in [1.54, 1.807) is 0 Å². The van der Waals surface area contributed by atoms with Gasteiger partial charge in [-0.05, 0) is 68.8 Å². The van der Waals surface area contributed by atoms with Gasteiger partial charge in [0.1, 0.15) is 5.71 Å². The number of hydrogen-bond acceptors (Lipinski definition) is 3. The van der Waals surface area contributed by atoms with Crippen molar-refractivity contribution in [1.29, 1.82) is 0 Å². The van der Waals surface area contributed by atoms with Crippen LogP contribution in [0.4, 0.5) is 5.69 Å². The summed E-state index contributed by atoms with van der Waals surface area (Å²) in [4.78, 5) is 33.1. The average molecular weight is 407 g/mol. The highest BCUT2D eigenvalue weighted by atomic mass is 16.2. The highest BCUT2D eigenvalue weighted by Crippen LogP contribution is 2.60. The average Bonchev–Trinajstić information content (AvgIpc) is 2.99. The molecule has 5 aliphatic rings. The maximum Gasteiger partial charge on any atom is 0.277 e. The number of anilines is 1. The summed E-state index contributed by atoms with van der Waals surface area (Å²) in [5, 5.41) is 0. The second-order valence-corrected chi connectivity index (χ2v) is 10.3. The van der Waals surface area contributed by atoms with Gasteiger partial charge in [-0.25, -0.2) is 0 Å². The van der Waals surface area contributed by atoms with Gasteiger partial charge in [0, 0.05) is 17.5 Å². The molecule has 1 heterocycles. The van der Waals surface area contributed by atoms with Crippen molar-refractivity contribution in [3.63, 3.8) is 0 Å². The van der Waals surface area contributed by atoms with Crippen LogP contribution in [-0.4, -0.2) is 30.5 Å². The number of amides is 1. The van der Waals surface area contributed by atoms with Crippen LogP contribution in [0.2, 0.25) is 0 Å². The zero-order valence-corrected chi connectivity index (χ0v) is 18.2. The van der Waals surface area contributed by atoms with E-state index in [1.807, 2.05) is 29.2 Å². The Hall–Kier alpha value is -1.97. The fourth-order valence-corrected chi connectivity index (χ4v) is 7.10. The number of hydrogen-bond donors (Lipinski definition) is 0. The Bertz CT molecular complexity index is 836. The first-order valence-electron chi connectivity index (χ1n) is 12.1. The third-order valence-corrected chi connectivity index (χ3v) is 8.14. The molecular formula is C26H34N2O2. The number of carbonyl (C=O) groups excluding carboxylic acids is 2. The van der Waals surface area contributed by atoms with Gasteiger partial charge in [-0.1, -0.05) is 44.4 Å². The standard InChI is InChI=1S/C26H34N2O2/c1-2-3-4-7-10-28-22-9-6-5-8-21(22)24(25(28)30)27-17-23(29)26-14-18-11-19(15-26)13-20(12-18)16-26/h5-6,8-9,18-20H,2-4,7,10-17H2,1H3. The molecule has 6 rings (SSSR count). The maximum atomic E-state index is 13.4. The summed E-state index contributed by atoms with van der Waals surface area (Å²) in [6.45, 7) is 3.10. The topological polar surface area (TPSA) is 49.7 Å². The fraction of sp³-hybridized carbons (Fsp3) is 0.654. The molecule has 0 saturated heterocycles. The fourth-order valence-electron chi connectivity index (χ4n) is 7.10. The zero-order valence-electron chi connectivity index (χ0n) is 18.2. The number of ketones is 1. The normalized spacial score (nSPS) is 32.8. The lowest BCUT2D eigenvalue weighted by molar-refractivity contribution is -0.142. The third kappa shape index (κ3) is 3.42. The lowest BCUT2D eigenvalue weighted by Crippen LogP contribution is -2.50. The van der Waals surface area contributed by atoms with Crippen molar-refractivity contribution in [3.05, 3.63) is 29.8 Å². The van der Waals surface area contributed by atoms with Crippen LogP contribution in [0.15, 0.2) is 29.3 Å². The first-order chi connectivity index (χ1) is 14.6. The summed E-state index contributed by atoms with van der Waals surface area (Å²) in [7, 11) is 0. The summed E-state index contributed by atoms with van der Waals surface area (Å²) in [6.07, 6.45) is 11.7. The van der Waals surface area contributed by atoms with Crippen LogP contribution in [0.5, 0.6) is 0 Å². The molecule has 0 radical (unpaired) electrons.